The molecule has 0 unspecified atom stereocenters. The van der Waals surface area contributed by atoms with Crippen molar-refractivity contribution < 1.29 is 9.90 Å². The summed E-state index contributed by atoms with van der Waals surface area (Å²) in [5.74, 6) is 0. The highest BCUT2D eigenvalue weighted by atomic mass is 16.4. The molecule has 4 heterocycles. The molecule has 0 spiro atoms. The highest BCUT2D eigenvalue weighted by Crippen LogP contribution is 2.33. The van der Waals surface area contributed by atoms with Crippen LogP contribution < -0.4 is 0 Å². The third-order valence-corrected chi connectivity index (χ3v) is 4.63. The Morgan fingerprint density at radius 1 is 1.36 bits per heavy atom. The lowest BCUT2D eigenvalue weighted by Gasteiger charge is -2.39. The van der Waals surface area contributed by atoms with Crippen LogP contribution in [0.5, 0.6) is 0 Å². The van der Waals surface area contributed by atoms with E-state index in [0.29, 0.717) is 18.7 Å². The molecule has 0 bridgehead atoms. The molecule has 2 N–H and O–H groups in total. The van der Waals surface area contributed by atoms with Crippen LogP contribution in [-0.2, 0) is 5.54 Å². The number of fused-ring (bicyclic) bond motifs is 3. The summed E-state index contributed by atoms with van der Waals surface area (Å²) in [7, 11) is 0. The zero-order chi connectivity index (χ0) is 15.3. The van der Waals surface area contributed by atoms with Crippen molar-refractivity contribution in [2.45, 2.75) is 25.3 Å². The smallest absolute Gasteiger partial charge is 0.407 e. The molecule has 0 saturated carbocycles. The molecule has 8 heteroatoms. The molecule has 0 aliphatic carbocycles. The monoisotopic (exact) mass is 300 g/mol. The van der Waals surface area contributed by atoms with Crippen LogP contribution in [0.2, 0.25) is 0 Å². The minimum Gasteiger partial charge on any atom is -0.465 e. The van der Waals surface area contributed by atoms with E-state index in [-0.39, 0.29) is 5.54 Å². The number of pyridine rings is 1. The number of aromatic amines is 1. The number of aromatic nitrogens is 5. The number of carbonyl (C=O) groups is 1. The molecule has 0 radical (unpaired) electrons. The number of nitrogens with zero attached hydrogens (tertiary/aromatic N) is 5. The van der Waals surface area contributed by atoms with Crippen molar-refractivity contribution in [1.29, 1.82) is 0 Å². The number of carboxylic acid groups (broad SMARTS) is 1. The topological polar surface area (TPSA) is 99.9 Å². The first kappa shape index (κ1) is 13.1. The fraction of sp³-hybridized carbons (Fsp3) is 0.429. The molecule has 1 aliphatic rings. The highest BCUT2D eigenvalue weighted by molar-refractivity contribution is 6.00. The lowest BCUT2D eigenvalue weighted by molar-refractivity contribution is 0.0967. The lowest BCUT2D eigenvalue weighted by atomic mass is 9.89. The number of amides is 1. The number of likely N-dealkylation sites (tertiary alicyclic amines) is 1. The predicted molar refractivity (Wildman–Crippen MR) is 79.7 cm³/mol. The van der Waals surface area contributed by atoms with Crippen molar-refractivity contribution in [3.63, 3.8) is 0 Å². The van der Waals surface area contributed by atoms with E-state index in [9.17, 15) is 4.79 Å². The average molecular weight is 300 g/mol. The molecule has 8 nitrogen and oxygen atoms in total. The van der Waals surface area contributed by atoms with Crippen LogP contribution in [0.25, 0.3) is 22.1 Å². The molecule has 1 fully saturated rings. The molecule has 1 saturated heterocycles. The standard InChI is InChI=1S/C14H16N6O2/c1-14(3-6-19(7-4-14)13(21)22)20-11-9-2-5-15-12(9)16-8-10(11)17-18-20/h2,5,8,18H,3-4,6-7H2,1H3,(H,21,22). The van der Waals surface area contributed by atoms with Crippen LogP contribution in [0.1, 0.15) is 19.8 Å². The summed E-state index contributed by atoms with van der Waals surface area (Å²) in [6.45, 7) is 3.17. The van der Waals surface area contributed by atoms with Gasteiger partial charge in [-0.25, -0.2) is 20.0 Å². The van der Waals surface area contributed by atoms with Crippen molar-refractivity contribution in [3.05, 3.63) is 18.5 Å². The maximum atomic E-state index is 11.1. The minimum absolute atomic E-state index is 0.202. The molecular formula is C14H16N6O2. The van der Waals surface area contributed by atoms with Crippen molar-refractivity contribution in [2.24, 2.45) is 0 Å². The molecule has 114 valence electrons. The summed E-state index contributed by atoms with van der Waals surface area (Å²) < 4.78 is 2.05. The Morgan fingerprint density at radius 2 is 2.14 bits per heavy atom. The summed E-state index contributed by atoms with van der Waals surface area (Å²) in [4.78, 5) is 21.1. The summed E-state index contributed by atoms with van der Waals surface area (Å²) >= 11 is 0. The molecule has 3 aromatic rings. The van der Waals surface area contributed by atoms with Gasteiger partial charge in [-0.1, -0.05) is 0 Å². The maximum absolute atomic E-state index is 11.1. The molecule has 1 aliphatic heterocycles. The number of piperidine rings is 1. The van der Waals surface area contributed by atoms with E-state index in [2.05, 4.69) is 27.2 Å². The van der Waals surface area contributed by atoms with E-state index in [0.717, 1.165) is 29.3 Å². The zero-order valence-electron chi connectivity index (χ0n) is 12.2. The minimum atomic E-state index is -0.853. The van der Waals surface area contributed by atoms with E-state index in [1.165, 1.54) is 4.90 Å². The van der Waals surface area contributed by atoms with Gasteiger partial charge in [-0.2, -0.15) is 5.10 Å². The van der Waals surface area contributed by atoms with Gasteiger partial charge in [0.05, 0.1) is 17.3 Å². The first-order valence-corrected chi connectivity index (χ1v) is 7.23. The third kappa shape index (κ3) is 1.76. The summed E-state index contributed by atoms with van der Waals surface area (Å²) in [6.07, 6.45) is 4.07. The van der Waals surface area contributed by atoms with Crippen LogP contribution in [0.3, 0.4) is 0 Å². The van der Waals surface area contributed by atoms with E-state index < -0.39 is 6.09 Å². The Morgan fingerprint density at radius 3 is 2.86 bits per heavy atom. The van der Waals surface area contributed by atoms with Crippen LogP contribution >= 0.6 is 0 Å². The highest BCUT2D eigenvalue weighted by Gasteiger charge is 2.35. The van der Waals surface area contributed by atoms with Gasteiger partial charge >= 0.3 is 6.09 Å². The molecule has 0 aromatic carbocycles. The Labute approximate surface area is 125 Å². The third-order valence-electron chi connectivity index (χ3n) is 4.63. The van der Waals surface area contributed by atoms with Gasteiger partial charge in [0.15, 0.2) is 5.65 Å². The number of hydrogen-bond donors (Lipinski definition) is 2. The maximum Gasteiger partial charge on any atom is 0.407 e. The van der Waals surface area contributed by atoms with Crippen molar-refractivity contribution in [3.8, 4) is 0 Å². The normalized spacial score (nSPS) is 18.1. The lowest BCUT2D eigenvalue weighted by Crippen LogP contribution is -2.46. The van der Waals surface area contributed by atoms with Gasteiger partial charge < -0.3 is 10.0 Å². The zero-order valence-corrected chi connectivity index (χ0v) is 12.2. The van der Waals surface area contributed by atoms with Gasteiger partial charge in [0.25, 0.3) is 0 Å². The Bertz CT molecular complexity index is 859. The van der Waals surface area contributed by atoms with Gasteiger partial charge in [-0.15, -0.1) is 0 Å². The Hall–Kier alpha value is -2.64. The van der Waals surface area contributed by atoms with E-state index >= 15 is 0 Å². The fourth-order valence-corrected chi connectivity index (χ4v) is 3.20. The number of rotatable bonds is 1. The number of hydrogen-bond acceptors (Lipinski definition) is 4. The van der Waals surface area contributed by atoms with Gasteiger partial charge in [0.2, 0.25) is 0 Å². The van der Waals surface area contributed by atoms with Gasteiger partial charge in [0.1, 0.15) is 5.52 Å². The molecule has 4 rings (SSSR count). The van der Waals surface area contributed by atoms with Crippen LogP contribution in [0, 0.1) is 0 Å². The quantitative estimate of drug-likeness (QED) is 0.713. The van der Waals surface area contributed by atoms with Crippen LogP contribution in [0.4, 0.5) is 4.79 Å². The summed E-state index contributed by atoms with van der Waals surface area (Å²) in [5, 5.41) is 17.5. The summed E-state index contributed by atoms with van der Waals surface area (Å²) in [6, 6.07) is 1.94. The molecule has 22 heavy (non-hydrogen) atoms. The van der Waals surface area contributed by atoms with Gasteiger partial charge in [-0.3, -0.25) is 4.68 Å². The van der Waals surface area contributed by atoms with E-state index in [4.69, 9.17) is 5.11 Å². The second-order valence-corrected chi connectivity index (χ2v) is 5.99. The van der Waals surface area contributed by atoms with Crippen LogP contribution in [-0.4, -0.2) is 54.2 Å². The van der Waals surface area contributed by atoms with Gasteiger partial charge in [-0.05, 0) is 25.8 Å². The first-order valence-electron chi connectivity index (χ1n) is 7.23. The molecule has 0 atom stereocenters. The Kier molecular flexibility index (Phi) is 2.63. The second-order valence-electron chi connectivity index (χ2n) is 5.99. The van der Waals surface area contributed by atoms with Gasteiger partial charge in [0, 0.05) is 24.7 Å². The summed E-state index contributed by atoms with van der Waals surface area (Å²) in [5.41, 5.74) is 2.28. The van der Waals surface area contributed by atoms with Crippen molar-refractivity contribution in [2.75, 3.05) is 13.1 Å². The first-order chi connectivity index (χ1) is 10.6. The van der Waals surface area contributed by atoms with Crippen molar-refractivity contribution in [1.82, 2.24) is 29.9 Å². The van der Waals surface area contributed by atoms with Crippen LogP contribution in [0.15, 0.2) is 18.5 Å². The molecular weight excluding hydrogens is 284 g/mol. The Balaban J connectivity index is 1.81. The van der Waals surface area contributed by atoms with Crippen molar-refractivity contribution >= 4 is 28.2 Å². The molecule has 3 aromatic heterocycles. The largest absolute Gasteiger partial charge is 0.465 e. The SMILES string of the molecule is CC1(n2[nH]nc3cnc4nccc4c32)CCN(C(=O)O)CC1. The fourth-order valence-electron chi connectivity index (χ4n) is 3.20. The van der Waals surface area contributed by atoms with E-state index in [1.54, 1.807) is 12.4 Å². The number of H-pyrrole nitrogens is 1. The van der Waals surface area contributed by atoms with E-state index in [1.807, 2.05) is 10.7 Å². The average Bonchev–Trinajstić information content (AvgIpc) is 3.13. The molecule has 1 amide bonds. The number of nitrogens with one attached hydrogen (secondary N) is 1. The predicted octanol–water partition coefficient (Wildman–Crippen LogP) is 1.80. The second kappa shape index (κ2) is 4.43.